The molecule has 6 aromatic carbocycles. The van der Waals surface area contributed by atoms with Gasteiger partial charge in [-0.25, -0.2) is 0 Å². The van der Waals surface area contributed by atoms with E-state index in [4.69, 9.17) is 0 Å². The minimum absolute atomic E-state index is 0. The van der Waals surface area contributed by atoms with Crippen molar-refractivity contribution in [2.45, 2.75) is 23.5 Å². The molecule has 0 spiro atoms. The maximum Gasteiger partial charge on any atom is 0.292 e. The summed E-state index contributed by atoms with van der Waals surface area (Å²) < 4.78 is 0. The molecule has 10 heteroatoms. The Balaban J connectivity index is 0.000000329. The Morgan fingerprint density at radius 3 is 1.34 bits per heavy atom. The Hall–Kier alpha value is -6.62. The van der Waals surface area contributed by atoms with Gasteiger partial charge in [0.2, 0.25) is 0 Å². The van der Waals surface area contributed by atoms with Gasteiger partial charge in [-0.05, 0) is 34.4 Å². The summed E-state index contributed by atoms with van der Waals surface area (Å²) in [5.74, 6) is 1.01. The summed E-state index contributed by atoms with van der Waals surface area (Å²) in [5, 5.41) is 7.35. The second kappa shape index (κ2) is 21.6. The molecule has 0 bridgehead atoms. The summed E-state index contributed by atoms with van der Waals surface area (Å²) in [6, 6.07) is 55.4. The number of hydrogen-bond donors (Lipinski definition) is 4. The zero-order chi connectivity index (χ0) is 42.2. The molecular weight excluding hydrogens is 797 g/mol. The number of H-pyrrole nitrogens is 2. The van der Waals surface area contributed by atoms with Crippen molar-refractivity contribution in [3.8, 4) is 0 Å². The third-order valence-corrected chi connectivity index (χ3v) is 12.5. The Kier molecular flexibility index (Phi) is 15.0. The average molecular weight is 851 g/mol. The van der Waals surface area contributed by atoms with Crippen LogP contribution in [0.2, 0.25) is 0 Å². The number of amides is 2. The number of hydrogen-bond acceptors (Lipinski definition) is 6. The fourth-order valence-electron chi connectivity index (χ4n) is 7.01. The molecular formula is C51H54N4O4S2. The highest BCUT2D eigenvalue weighted by molar-refractivity contribution is 7.99. The van der Waals surface area contributed by atoms with Gasteiger partial charge < -0.3 is 20.6 Å². The van der Waals surface area contributed by atoms with E-state index in [2.05, 4.69) is 44.9 Å². The van der Waals surface area contributed by atoms with Gasteiger partial charge in [-0.3, -0.25) is 19.2 Å². The van der Waals surface area contributed by atoms with E-state index in [1.807, 2.05) is 146 Å². The third-order valence-electron chi connectivity index (χ3n) is 10.1. The van der Waals surface area contributed by atoms with Crippen LogP contribution in [0.4, 0.5) is 0 Å². The van der Waals surface area contributed by atoms with Crippen LogP contribution in [-0.2, 0) is 21.1 Å². The van der Waals surface area contributed by atoms with Crippen molar-refractivity contribution in [1.82, 2.24) is 20.6 Å². The molecule has 0 saturated carbocycles. The number of thioether (sulfide) groups is 2. The summed E-state index contributed by atoms with van der Waals surface area (Å²) in [4.78, 5) is 57.1. The van der Waals surface area contributed by atoms with Gasteiger partial charge in [-0.15, -0.1) is 0 Å². The number of fused-ring (bicyclic) bond motifs is 2. The molecule has 0 saturated heterocycles. The van der Waals surface area contributed by atoms with Gasteiger partial charge in [-0.2, -0.15) is 23.5 Å². The number of aromatic nitrogens is 2. The van der Waals surface area contributed by atoms with Crippen molar-refractivity contribution in [3.63, 3.8) is 0 Å². The molecule has 2 heterocycles. The molecule has 0 aliphatic carbocycles. The first-order valence-corrected chi connectivity index (χ1v) is 22.4. The smallest absolute Gasteiger partial charge is 0.292 e. The lowest BCUT2D eigenvalue weighted by atomic mass is 9.91. The predicted octanol–water partition coefficient (Wildman–Crippen LogP) is 11.0. The zero-order valence-electron chi connectivity index (χ0n) is 33.5. The molecule has 8 nitrogen and oxygen atoms in total. The van der Waals surface area contributed by atoms with Crippen LogP contribution in [0.5, 0.6) is 0 Å². The molecule has 8 rings (SSSR count). The highest BCUT2D eigenvalue weighted by atomic mass is 32.2. The van der Waals surface area contributed by atoms with E-state index in [1.54, 1.807) is 35.9 Å². The number of carbonyl (C=O) groups is 4. The van der Waals surface area contributed by atoms with Crippen molar-refractivity contribution in [2.24, 2.45) is 0 Å². The lowest BCUT2D eigenvalue weighted by molar-refractivity contribution is -0.117. The largest absolute Gasteiger partial charge is 0.360 e. The predicted molar refractivity (Wildman–Crippen MR) is 259 cm³/mol. The molecule has 314 valence electrons. The minimum Gasteiger partial charge on any atom is -0.360 e. The minimum atomic E-state index is -0.596. The summed E-state index contributed by atoms with van der Waals surface area (Å²) in [6.45, 7) is 0.348. The fourth-order valence-corrected chi connectivity index (χ4v) is 9.22. The van der Waals surface area contributed by atoms with Gasteiger partial charge in [-0.1, -0.05) is 158 Å². The highest BCUT2D eigenvalue weighted by Crippen LogP contribution is 2.25. The average Bonchev–Trinajstić information content (AvgIpc) is 3.95. The maximum atomic E-state index is 12.9. The Labute approximate surface area is 369 Å². The van der Waals surface area contributed by atoms with Crippen molar-refractivity contribution in [3.05, 3.63) is 216 Å². The van der Waals surface area contributed by atoms with E-state index in [1.165, 1.54) is 11.1 Å². The van der Waals surface area contributed by atoms with Crippen LogP contribution < -0.4 is 10.6 Å². The van der Waals surface area contributed by atoms with Crippen molar-refractivity contribution >= 4 is 68.7 Å². The van der Waals surface area contributed by atoms with Crippen LogP contribution in [0.3, 0.4) is 0 Å². The number of aromatic amines is 2. The van der Waals surface area contributed by atoms with E-state index >= 15 is 0 Å². The number of nitrogens with one attached hydrogen (secondary N) is 4. The SMILES string of the molecule is O=C(NC(CSCc1ccccc1)CSCc1ccccc1)C(=O)c1c[nH]c2ccccc12.O=C(NCC(c1ccccc1)c1ccccc1)C(=O)c1c[nH]c2ccccc12.[HH].[HH].[HH].[HH]. The number of para-hydroxylation sites is 2. The monoisotopic (exact) mass is 850 g/mol. The van der Waals surface area contributed by atoms with Gasteiger partial charge >= 0.3 is 0 Å². The van der Waals surface area contributed by atoms with Crippen LogP contribution in [0.25, 0.3) is 21.8 Å². The molecule has 4 N–H and O–H groups in total. The Bertz CT molecular complexity index is 2600. The summed E-state index contributed by atoms with van der Waals surface area (Å²) in [5.41, 5.74) is 7.17. The summed E-state index contributed by atoms with van der Waals surface area (Å²) in [6.07, 6.45) is 3.22. The van der Waals surface area contributed by atoms with Gasteiger partial charge in [0.05, 0.1) is 11.1 Å². The van der Waals surface area contributed by atoms with Gasteiger partial charge in [0.1, 0.15) is 0 Å². The second-order valence-electron chi connectivity index (χ2n) is 14.4. The summed E-state index contributed by atoms with van der Waals surface area (Å²) in [7, 11) is 0. The van der Waals surface area contributed by atoms with Crippen molar-refractivity contribution in [2.75, 3.05) is 18.1 Å². The fraction of sp³-hybridized carbons (Fsp3) is 0.137. The van der Waals surface area contributed by atoms with E-state index in [0.29, 0.717) is 17.7 Å². The van der Waals surface area contributed by atoms with Gasteiger partial charge in [0.15, 0.2) is 0 Å². The van der Waals surface area contributed by atoms with Crippen LogP contribution in [-0.4, -0.2) is 57.4 Å². The normalized spacial score (nSPS) is 11.0. The first kappa shape index (κ1) is 42.5. The first-order chi connectivity index (χ1) is 29.9. The molecule has 2 amide bonds. The molecule has 8 aromatic rings. The van der Waals surface area contributed by atoms with Crippen LogP contribution in [0, 0.1) is 0 Å². The quantitative estimate of drug-likeness (QED) is 0.0534. The standard InChI is InChI=1S/C27H26N2O2S2.C24H20N2O2.4H2/c30-26(24-15-28-25-14-8-7-13-23(24)25)27(31)29-22(18-32-16-20-9-3-1-4-10-20)19-33-17-21-11-5-2-6-12-21;27-23(21-16-25-22-14-8-7-13-19(21)22)24(28)26-15-20(17-9-3-1-4-10-17)18-11-5-2-6-12-18;;;;/h1-15,22,28H,16-19H2,(H,29,31);1-14,16,20,25H,15H2,(H,26,28);4*1H. The number of carbonyl (C=O) groups excluding carboxylic acids is 4. The van der Waals surface area contributed by atoms with E-state index in [9.17, 15) is 19.2 Å². The number of rotatable bonds is 17. The molecule has 0 aliphatic heterocycles. The molecule has 0 aliphatic rings. The Morgan fingerprint density at radius 2 is 0.885 bits per heavy atom. The van der Waals surface area contributed by atoms with Gasteiger partial charge in [0, 0.05) is 81.4 Å². The molecule has 0 unspecified atom stereocenters. The molecule has 0 atom stereocenters. The maximum absolute atomic E-state index is 12.9. The van der Waals surface area contributed by atoms with Crippen molar-refractivity contribution in [1.29, 1.82) is 0 Å². The second-order valence-corrected chi connectivity index (χ2v) is 16.5. The molecule has 0 radical (unpaired) electrons. The van der Waals surface area contributed by atoms with E-state index < -0.39 is 23.4 Å². The topological polar surface area (TPSA) is 124 Å². The first-order valence-electron chi connectivity index (χ1n) is 20.1. The molecule has 2 aromatic heterocycles. The third kappa shape index (κ3) is 11.6. The lowest BCUT2D eigenvalue weighted by Crippen LogP contribution is -2.42. The summed E-state index contributed by atoms with van der Waals surface area (Å²) >= 11 is 3.54. The number of ketones is 2. The number of benzene rings is 6. The molecule has 0 fully saturated rings. The van der Waals surface area contributed by atoms with Crippen LogP contribution in [0.15, 0.2) is 182 Å². The van der Waals surface area contributed by atoms with Crippen molar-refractivity contribution < 1.29 is 24.9 Å². The van der Waals surface area contributed by atoms with Gasteiger partial charge in [0.25, 0.3) is 23.4 Å². The van der Waals surface area contributed by atoms with Crippen LogP contribution in [0.1, 0.15) is 54.6 Å². The van der Waals surface area contributed by atoms with E-state index in [-0.39, 0.29) is 17.7 Å². The van der Waals surface area contributed by atoms with E-state index in [0.717, 1.165) is 55.9 Å². The highest BCUT2D eigenvalue weighted by Gasteiger charge is 2.24. The lowest BCUT2D eigenvalue weighted by Gasteiger charge is -2.18. The number of Topliss-reactive ketones (excluding diaryl/α,β-unsaturated/α-hetero) is 2. The molecule has 61 heavy (non-hydrogen) atoms. The Morgan fingerprint density at radius 1 is 0.492 bits per heavy atom. The zero-order valence-corrected chi connectivity index (χ0v) is 35.1. The van der Waals surface area contributed by atoms with Crippen LogP contribution >= 0.6 is 23.5 Å².